The standard InChI is InChI=1S/C19H19ClN4O3S3/c1-12(2)17(25)21-18-22-23-19(29-18)30(26,27)24-15-5-3-4-6-16(15)28-11-13-7-9-14(20)10-8-13/h3-10,12,24H,11H2,1-2H3,(H,21,22,25). The van der Waals surface area contributed by atoms with Gasteiger partial charge in [-0.3, -0.25) is 9.52 Å². The summed E-state index contributed by atoms with van der Waals surface area (Å²) in [5.74, 6) is 0.142. The molecule has 0 bridgehead atoms. The van der Waals surface area contributed by atoms with Gasteiger partial charge >= 0.3 is 0 Å². The number of thioether (sulfide) groups is 1. The van der Waals surface area contributed by atoms with Crippen molar-refractivity contribution in [3.63, 3.8) is 0 Å². The molecule has 0 aliphatic rings. The highest BCUT2D eigenvalue weighted by Crippen LogP contribution is 2.32. The summed E-state index contributed by atoms with van der Waals surface area (Å²) in [6.07, 6.45) is 0. The van der Waals surface area contributed by atoms with Gasteiger partial charge in [-0.25, -0.2) is 0 Å². The third-order valence-corrected chi connectivity index (χ3v) is 7.80. The third-order valence-electron chi connectivity index (χ3n) is 3.83. The Kier molecular flexibility index (Phi) is 7.35. The lowest BCUT2D eigenvalue weighted by atomic mass is 10.2. The quantitative estimate of drug-likeness (QED) is 0.350. The Hall–Kier alpha value is -2.14. The van der Waals surface area contributed by atoms with Crippen molar-refractivity contribution in [1.82, 2.24) is 10.2 Å². The number of carbonyl (C=O) groups is 1. The molecule has 0 aliphatic heterocycles. The van der Waals surface area contributed by atoms with Gasteiger partial charge in [0.2, 0.25) is 11.0 Å². The third kappa shape index (κ3) is 5.94. The zero-order valence-corrected chi connectivity index (χ0v) is 19.3. The van der Waals surface area contributed by atoms with E-state index >= 15 is 0 Å². The predicted octanol–water partition coefficient (Wildman–Crippen LogP) is 4.88. The Bertz CT molecular complexity index is 1130. The molecular formula is C19H19ClN4O3S3. The van der Waals surface area contributed by atoms with Crippen LogP contribution in [0, 0.1) is 5.92 Å². The molecule has 1 amide bonds. The van der Waals surface area contributed by atoms with Gasteiger partial charge in [0, 0.05) is 21.6 Å². The van der Waals surface area contributed by atoms with E-state index in [9.17, 15) is 13.2 Å². The maximum Gasteiger partial charge on any atom is 0.291 e. The summed E-state index contributed by atoms with van der Waals surface area (Å²) in [6.45, 7) is 3.46. The summed E-state index contributed by atoms with van der Waals surface area (Å²) in [7, 11) is -3.95. The van der Waals surface area contributed by atoms with Crippen LogP contribution in [0.3, 0.4) is 0 Å². The van der Waals surface area contributed by atoms with E-state index in [2.05, 4.69) is 20.2 Å². The lowest BCUT2D eigenvalue weighted by Crippen LogP contribution is -2.17. The van der Waals surface area contributed by atoms with Crippen LogP contribution in [0.4, 0.5) is 10.8 Å². The van der Waals surface area contributed by atoms with E-state index in [4.69, 9.17) is 11.6 Å². The molecular weight excluding hydrogens is 464 g/mol. The van der Waals surface area contributed by atoms with Gasteiger partial charge in [-0.05, 0) is 29.8 Å². The molecule has 0 radical (unpaired) electrons. The number of hydrogen-bond donors (Lipinski definition) is 2. The number of anilines is 2. The van der Waals surface area contributed by atoms with Crippen LogP contribution in [-0.2, 0) is 20.6 Å². The number of benzene rings is 2. The number of halogens is 1. The van der Waals surface area contributed by atoms with E-state index in [-0.39, 0.29) is 21.3 Å². The van der Waals surface area contributed by atoms with Crippen LogP contribution in [0.15, 0.2) is 57.8 Å². The van der Waals surface area contributed by atoms with Crippen LogP contribution in [0.25, 0.3) is 0 Å². The Balaban J connectivity index is 1.73. The summed E-state index contributed by atoms with van der Waals surface area (Å²) in [5.41, 5.74) is 1.51. The fourth-order valence-corrected chi connectivity index (χ4v) is 5.36. The predicted molar refractivity (Wildman–Crippen MR) is 122 cm³/mol. The second-order valence-corrected chi connectivity index (χ2v) is 10.8. The summed E-state index contributed by atoms with van der Waals surface area (Å²) >= 11 is 8.21. The number of para-hydroxylation sites is 1. The topological polar surface area (TPSA) is 101 Å². The van der Waals surface area contributed by atoms with Gasteiger partial charge in [-0.1, -0.05) is 61.1 Å². The Morgan fingerprint density at radius 1 is 1.13 bits per heavy atom. The minimum atomic E-state index is -3.95. The lowest BCUT2D eigenvalue weighted by Gasteiger charge is -2.11. The average Bonchev–Trinajstić information content (AvgIpc) is 3.18. The summed E-state index contributed by atoms with van der Waals surface area (Å²) < 4.78 is 27.9. The average molecular weight is 483 g/mol. The molecule has 7 nitrogen and oxygen atoms in total. The first-order chi connectivity index (χ1) is 14.2. The molecule has 2 aromatic carbocycles. The molecule has 1 aromatic heterocycles. The molecule has 3 aromatic rings. The number of carbonyl (C=O) groups excluding carboxylic acids is 1. The molecule has 0 saturated heterocycles. The minimum absolute atomic E-state index is 0.138. The molecule has 30 heavy (non-hydrogen) atoms. The number of aromatic nitrogens is 2. The maximum atomic E-state index is 12.8. The van der Waals surface area contributed by atoms with E-state index in [0.29, 0.717) is 16.5 Å². The highest BCUT2D eigenvalue weighted by atomic mass is 35.5. The molecule has 3 rings (SSSR count). The maximum absolute atomic E-state index is 12.8. The van der Waals surface area contributed by atoms with E-state index in [1.54, 1.807) is 26.0 Å². The van der Waals surface area contributed by atoms with Crippen LogP contribution in [-0.4, -0.2) is 24.5 Å². The van der Waals surface area contributed by atoms with Gasteiger partial charge in [0.1, 0.15) is 0 Å². The Morgan fingerprint density at radius 2 is 1.83 bits per heavy atom. The summed E-state index contributed by atoms with van der Waals surface area (Å²) in [5, 5.41) is 10.8. The van der Waals surface area contributed by atoms with E-state index in [1.165, 1.54) is 11.8 Å². The summed E-state index contributed by atoms with van der Waals surface area (Å²) in [4.78, 5) is 12.5. The number of sulfonamides is 1. The minimum Gasteiger partial charge on any atom is -0.300 e. The fourth-order valence-electron chi connectivity index (χ4n) is 2.23. The molecule has 0 aliphatic carbocycles. The summed E-state index contributed by atoms with van der Waals surface area (Å²) in [6, 6.07) is 14.6. The highest BCUT2D eigenvalue weighted by molar-refractivity contribution is 7.99. The number of nitrogens with one attached hydrogen (secondary N) is 2. The van der Waals surface area contributed by atoms with Crippen molar-refractivity contribution in [3.05, 3.63) is 59.1 Å². The smallest absolute Gasteiger partial charge is 0.291 e. The monoisotopic (exact) mass is 482 g/mol. The van der Waals surface area contributed by atoms with E-state index in [1.807, 2.05) is 36.4 Å². The van der Waals surface area contributed by atoms with Crippen molar-refractivity contribution in [2.24, 2.45) is 5.92 Å². The second-order valence-electron chi connectivity index (χ2n) is 6.53. The molecule has 0 spiro atoms. The van der Waals surface area contributed by atoms with Crippen LogP contribution < -0.4 is 10.0 Å². The van der Waals surface area contributed by atoms with E-state index in [0.717, 1.165) is 21.8 Å². The van der Waals surface area contributed by atoms with Crippen LogP contribution in [0.1, 0.15) is 19.4 Å². The molecule has 11 heteroatoms. The number of rotatable bonds is 8. The van der Waals surface area contributed by atoms with Crippen molar-refractivity contribution in [1.29, 1.82) is 0 Å². The van der Waals surface area contributed by atoms with Gasteiger partial charge in [-0.15, -0.1) is 22.0 Å². The zero-order chi connectivity index (χ0) is 21.7. The van der Waals surface area contributed by atoms with E-state index < -0.39 is 10.0 Å². The normalized spacial score (nSPS) is 11.5. The van der Waals surface area contributed by atoms with Crippen molar-refractivity contribution in [2.45, 2.75) is 28.8 Å². The van der Waals surface area contributed by atoms with Gasteiger partial charge in [0.05, 0.1) is 5.69 Å². The molecule has 0 fully saturated rings. The zero-order valence-electron chi connectivity index (χ0n) is 16.1. The van der Waals surface area contributed by atoms with Gasteiger partial charge in [0.25, 0.3) is 14.4 Å². The molecule has 158 valence electrons. The number of nitrogens with zero attached hydrogens (tertiary/aromatic N) is 2. The molecule has 0 atom stereocenters. The SMILES string of the molecule is CC(C)C(=O)Nc1nnc(S(=O)(=O)Nc2ccccc2SCc2ccc(Cl)cc2)s1. The Labute approximate surface area is 188 Å². The molecule has 0 saturated carbocycles. The van der Waals surface area contributed by atoms with Crippen molar-refractivity contribution in [3.8, 4) is 0 Å². The first kappa shape index (κ1) is 22.5. The van der Waals surface area contributed by atoms with Crippen molar-refractivity contribution >= 4 is 61.4 Å². The van der Waals surface area contributed by atoms with Gasteiger partial charge in [0.15, 0.2) is 0 Å². The number of hydrogen-bond acceptors (Lipinski definition) is 7. The molecule has 2 N–H and O–H groups in total. The molecule has 0 unspecified atom stereocenters. The highest BCUT2D eigenvalue weighted by Gasteiger charge is 2.22. The number of amides is 1. The lowest BCUT2D eigenvalue weighted by molar-refractivity contribution is -0.118. The first-order valence-electron chi connectivity index (χ1n) is 8.88. The largest absolute Gasteiger partial charge is 0.300 e. The van der Waals surface area contributed by atoms with Crippen molar-refractivity contribution < 1.29 is 13.2 Å². The van der Waals surface area contributed by atoms with Gasteiger partial charge < -0.3 is 5.32 Å². The Morgan fingerprint density at radius 3 is 2.53 bits per heavy atom. The van der Waals surface area contributed by atoms with Crippen molar-refractivity contribution in [2.75, 3.05) is 10.0 Å². The van der Waals surface area contributed by atoms with Gasteiger partial charge in [-0.2, -0.15) is 8.42 Å². The van der Waals surface area contributed by atoms with Crippen LogP contribution in [0.2, 0.25) is 5.02 Å². The van der Waals surface area contributed by atoms with Crippen LogP contribution >= 0.6 is 34.7 Å². The fraction of sp³-hybridized carbons (Fsp3) is 0.211. The first-order valence-corrected chi connectivity index (χ1v) is 12.5. The molecule has 1 heterocycles. The van der Waals surface area contributed by atoms with Crippen LogP contribution in [0.5, 0.6) is 0 Å². The second kappa shape index (κ2) is 9.78.